The van der Waals surface area contributed by atoms with E-state index in [2.05, 4.69) is 9.47 Å². The molecular weight excluding hydrogens is 264 g/mol. The summed E-state index contributed by atoms with van der Waals surface area (Å²) < 4.78 is 8.33. The lowest BCUT2D eigenvalue weighted by molar-refractivity contribution is -0.151. The van der Waals surface area contributed by atoms with Crippen molar-refractivity contribution in [3.8, 4) is 0 Å². The molecule has 6 nitrogen and oxygen atoms in total. The van der Waals surface area contributed by atoms with Crippen LogP contribution in [0.25, 0.3) is 5.57 Å². The Morgan fingerprint density at radius 2 is 1.30 bits per heavy atom. The fourth-order valence-corrected chi connectivity index (χ4v) is 1.47. The van der Waals surface area contributed by atoms with Gasteiger partial charge in [0.05, 0.1) is 5.57 Å². The number of ether oxygens (including phenoxy) is 2. The Labute approximate surface area is 113 Å². The first-order valence-corrected chi connectivity index (χ1v) is 5.53. The smallest absolute Gasteiger partial charge is 0.346 e. The van der Waals surface area contributed by atoms with Crippen molar-refractivity contribution in [1.82, 2.24) is 0 Å². The third-order valence-electron chi connectivity index (χ3n) is 2.32. The van der Waals surface area contributed by atoms with Crippen molar-refractivity contribution in [2.45, 2.75) is 0 Å². The molecule has 0 spiro atoms. The number of cyclic esters (lactones) is 4. The third-order valence-corrected chi connectivity index (χ3v) is 2.32. The van der Waals surface area contributed by atoms with E-state index >= 15 is 0 Å². The molecular formula is C14H8O6. The van der Waals surface area contributed by atoms with Gasteiger partial charge in [0.2, 0.25) is 0 Å². The predicted octanol–water partition coefficient (Wildman–Crippen LogP) is 0.779. The first-order valence-electron chi connectivity index (χ1n) is 5.53. The van der Waals surface area contributed by atoms with Gasteiger partial charge in [0.1, 0.15) is 0 Å². The van der Waals surface area contributed by atoms with Crippen molar-refractivity contribution in [1.29, 1.82) is 0 Å². The van der Waals surface area contributed by atoms with E-state index in [-0.39, 0.29) is 0 Å². The van der Waals surface area contributed by atoms with Gasteiger partial charge in [-0.15, -0.1) is 0 Å². The lowest BCUT2D eigenvalue weighted by atomic mass is 10.1. The van der Waals surface area contributed by atoms with Crippen molar-refractivity contribution in [3.05, 3.63) is 54.1 Å². The maximum absolute atomic E-state index is 11.1. The number of benzene rings is 1. The molecule has 1 aromatic carbocycles. The van der Waals surface area contributed by atoms with E-state index in [0.717, 1.165) is 12.2 Å². The van der Waals surface area contributed by atoms with Crippen LogP contribution in [0.3, 0.4) is 0 Å². The van der Waals surface area contributed by atoms with E-state index < -0.39 is 23.9 Å². The maximum Gasteiger partial charge on any atom is 0.346 e. The highest BCUT2D eigenvalue weighted by Crippen LogP contribution is 2.20. The van der Waals surface area contributed by atoms with E-state index in [9.17, 15) is 19.2 Å². The molecule has 2 aliphatic heterocycles. The van der Waals surface area contributed by atoms with Gasteiger partial charge in [-0.25, -0.2) is 19.2 Å². The Balaban J connectivity index is 0.000000178. The van der Waals surface area contributed by atoms with Crippen molar-refractivity contribution in [2.75, 3.05) is 0 Å². The minimum Gasteiger partial charge on any atom is -0.387 e. The van der Waals surface area contributed by atoms with Crippen LogP contribution < -0.4 is 0 Å². The minimum atomic E-state index is -0.594. The fourth-order valence-electron chi connectivity index (χ4n) is 1.47. The van der Waals surface area contributed by atoms with Crippen molar-refractivity contribution < 1.29 is 28.7 Å². The summed E-state index contributed by atoms with van der Waals surface area (Å²) in [5.41, 5.74) is 1.03. The molecule has 1 aromatic rings. The molecule has 0 saturated carbocycles. The number of rotatable bonds is 1. The van der Waals surface area contributed by atoms with E-state index in [1.165, 1.54) is 6.08 Å². The Bertz CT molecular complexity index is 623. The number of esters is 4. The highest BCUT2D eigenvalue weighted by molar-refractivity contribution is 6.28. The van der Waals surface area contributed by atoms with Crippen molar-refractivity contribution in [2.24, 2.45) is 0 Å². The van der Waals surface area contributed by atoms with Gasteiger partial charge in [-0.05, 0) is 5.56 Å². The molecule has 0 bridgehead atoms. The van der Waals surface area contributed by atoms with Gasteiger partial charge < -0.3 is 9.47 Å². The Hall–Kier alpha value is -3.02. The largest absolute Gasteiger partial charge is 0.387 e. The van der Waals surface area contributed by atoms with Gasteiger partial charge >= 0.3 is 23.9 Å². The zero-order chi connectivity index (χ0) is 14.5. The summed E-state index contributed by atoms with van der Waals surface area (Å²) in [6.45, 7) is 0. The van der Waals surface area contributed by atoms with Crippen LogP contribution in [0.2, 0.25) is 0 Å². The normalized spacial score (nSPS) is 16.3. The molecule has 0 atom stereocenters. The van der Waals surface area contributed by atoms with Gasteiger partial charge in [0, 0.05) is 18.2 Å². The SMILES string of the molecule is O=C1C=C(c2ccccc2)C(=O)O1.O=C1C=CC(=O)O1. The molecule has 6 heteroatoms. The Kier molecular flexibility index (Phi) is 3.85. The quantitative estimate of drug-likeness (QED) is 0.554. The molecule has 2 aliphatic rings. The van der Waals surface area contributed by atoms with Crippen molar-refractivity contribution >= 4 is 29.5 Å². The van der Waals surface area contributed by atoms with Crippen molar-refractivity contribution in [3.63, 3.8) is 0 Å². The summed E-state index contributed by atoms with van der Waals surface area (Å²) in [5, 5.41) is 0. The summed E-state index contributed by atoms with van der Waals surface area (Å²) >= 11 is 0. The summed E-state index contributed by atoms with van der Waals surface area (Å²) in [7, 11) is 0. The predicted molar refractivity (Wildman–Crippen MR) is 65.8 cm³/mol. The third kappa shape index (κ3) is 3.26. The van der Waals surface area contributed by atoms with Gasteiger partial charge in [-0.2, -0.15) is 0 Å². The molecule has 0 aliphatic carbocycles. The number of hydrogen-bond donors (Lipinski definition) is 0. The van der Waals surface area contributed by atoms with Crippen LogP contribution in [0.15, 0.2) is 48.6 Å². The monoisotopic (exact) mass is 272 g/mol. The molecule has 0 N–H and O–H groups in total. The molecule has 2 heterocycles. The first-order chi connectivity index (χ1) is 9.56. The lowest BCUT2D eigenvalue weighted by Crippen LogP contribution is -2.00. The van der Waals surface area contributed by atoms with E-state index in [1.54, 1.807) is 24.3 Å². The summed E-state index contributed by atoms with van der Waals surface area (Å²) in [5.74, 6) is -2.32. The number of carbonyl (C=O) groups is 4. The van der Waals surface area contributed by atoms with Crippen LogP contribution in [0, 0.1) is 0 Å². The molecule has 0 radical (unpaired) electrons. The zero-order valence-corrected chi connectivity index (χ0v) is 10.1. The highest BCUT2D eigenvalue weighted by Gasteiger charge is 2.24. The Morgan fingerprint density at radius 3 is 1.70 bits per heavy atom. The van der Waals surface area contributed by atoms with Crippen LogP contribution in [0.4, 0.5) is 0 Å². The zero-order valence-electron chi connectivity index (χ0n) is 10.1. The van der Waals surface area contributed by atoms with Crippen LogP contribution in [0.1, 0.15) is 5.56 Å². The average Bonchev–Trinajstić information content (AvgIpc) is 2.96. The molecule has 0 aromatic heterocycles. The summed E-state index contributed by atoms with van der Waals surface area (Å²) in [4.78, 5) is 41.6. The fraction of sp³-hybridized carbons (Fsp3) is 0. The number of carbonyl (C=O) groups excluding carboxylic acids is 4. The molecule has 0 fully saturated rings. The van der Waals surface area contributed by atoms with Crippen LogP contribution in [0.5, 0.6) is 0 Å². The van der Waals surface area contributed by atoms with Gasteiger partial charge in [-0.1, -0.05) is 30.3 Å². The van der Waals surface area contributed by atoms with Gasteiger partial charge in [-0.3, -0.25) is 0 Å². The molecule has 20 heavy (non-hydrogen) atoms. The second-order valence-electron chi connectivity index (χ2n) is 3.71. The molecule has 0 saturated heterocycles. The second-order valence-corrected chi connectivity index (χ2v) is 3.71. The van der Waals surface area contributed by atoms with E-state index in [1.807, 2.05) is 6.07 Å². The molecule has 0 amide bonds. The maximum atomic E-state index is 11.1. The lowest BCUT2D eigenvalue weighted by Gasteiger charge is -1.96. The molecule has 3 rings (SSSR count). The average molecular weight is 272 g/mol. The summed E-state index contributed by atoms with van der Waals surface area (Å²) in [6.07, 6.45) is 3.38. The topological polar surface area (TPSA) is 86.7 Å². The van der Waals surface area contributed by atoms with Gasteiger partial charge in [0.25, 0.3) is 0 Å². The molecule has 100 valence electrons. The minimum absolute atomic E-state index is 0.325. The van der Waals surface area contributed by atoms with Crippen LogP contribution in [-0.4, -0.2) is 23.9 Å². The summed E-state index contributed by atoms with van der Waals surface area (Å²) in [6, 6.07) is 8.95. The van der Waals surface area contributed by atoms with Crippen LogP contribution >= 0.6 is 0 Å². The highest BCUT2D eigenvalue weighted by atomic mass is 16.6. The van der Waals surface area contributed by atoms with Gasteiger partial charge in [0.15, 0.2) is 0 Å². The van der Waals surface area contributed by atoms with Crippen LogP contribution in [-0.2, 0) is 28.7 Å². The second kappa shape index (κ2) is 5.75. The standard InChI is InChI=1S/C10H6O3.C4H2O3/c11-9-6-8(10(12)13-9)7-4-2-1-3-5-7;5-3-1-2-4(6)7-3/h1-6H;1-2H. The first kappa shape index (κ1) is 13.4. The Morgan fingerprint density at radius 1 is 0.700 bits per heavy atom. The molecule has 0 unspecified atom stereocenters. The van der Waals surface area contributed by atoms with E-state index in [4.69, 9.17) is 0 Å². The van der Waals surface area contributed by atoms with E-state index in [0.29, 0.717) is 11.1 Å². The number of hydrogen-bond acceptors (Lipinski definition) is 6.